The summed E-state index contributed by atoms with van der Waals surface area (Å²) >= 11 is 0. The number of rotatable bonds is 5. The van der Waals surface area contributed by atoms with Crippen molar-refractivity contribution in [2.75, 3.05) is 39.5 Å². The van der Waals surface area contributed by atoms with E-state index in [1.807, 2.05) is 4.90 Å². The molecule has 1 fully saturated rings. The first-order valence-electron chi connectivity index (χ1n) is 9.13. The molecule has 146 valence electrons. The second-order valence-corrected chi connectivity index (χ2v) is 10.3. The van der Waals surface area contributed by atoms with Crippen molar-refractivity contribution in [3.8, 4) is 0 Å². The van der Waals surface area contributed by atoms with Crippen LogP contribution in [0.2, 0.25) is 0 Å². The van der Waals surface area contributed by atoms with Crippen LogP contribution in [0.3, 0.4) is 0 Å². The van der Waals surface area contributed by atoms with Gasteiger partial charge in [0.05, 0.1) is 10.5 Å². The summed E-state index contributed by atoms with van der Waals surface area (Å²) in [5.74, 6) is 0.920. The lowest BCUT2D eigenvalue weighted by molar-refractivity contribution is 0.345. The third-order valence-corrected chi connectivity index (χ3v) is 7.52. The van der Waals surface area contributed by atoms with Crippen molar-refractivity contribution in [2.45, 2.75) is 38.6 Å². The van der Waals surface area contributed by atoms with E-state index >= 15 is 0 Å². The molecule has 2 rings (SSSR count). The Morgan fingerprint density at radius 2 is 2.04 bits per heavy atom. The van der Waals surface area contributed by atoms with Crippen molar-refractivity contribution in [2.24, 2.45) is 4.99 Å². The van der Waals surface area contributed by atoms with Gasteiger partial charge in [-0.25, -0.2) is 8.42 Å². The van der Waals surface area contributed by atoms with E-state index in [4.69, 9.17) is 0 Å². The number of nitrogens with zero attached hydrogens (tertiary/aromatic N) is 3. The van der Waals surface area contributed by atoms with Crippen LogP contribution in [-0.2, 0) is 22.9 Å². The number of hydrogen-bond donors (Lipinski definition) is 1. The fraction of sp³-hybridized carbons (Fsp3) is 0.632. The second-order valence-electron chi connectivity index (χ2n) is 7.55. The largest absolute Gasteiger partial charge is 0.352 e. The Labute approximate surface area is 158 Å². The maximum absolute atomic E-state index is 12.2. The molecule has 0 aromatic heterocycles. The summed E-state index contributed by atoms with van der Waals surface area (Å²) in [6.07, 6.45) is 0. The average Bonchev–Trinajstić information content (AvgIpc) is 2.58. The second kappa shape index (κ2) is 8.39. The van der Waals surface area contributed by atoms with Gasteiger partial charge in [-0.1, -0.05) is 31.2 Å². The Hall–Kier alpha value is -1.60. The summed E-state index contributed by atoms with van der Waals surface area (Å²) in [5.41, 5.74) is 2.48. The zero-order chi connectivity index (χ0) is 19.4. The molecular formula is C19H32N4O2S. The molecule has 7 heteroatoms. The van der Waals surface area contributed by atoms with E-state index in [1.54, 1.807) is 20.9 Å². The molecule has 0 aliphatic carbocycles. The molecule has 6 nitrogen and oxygen atoms in total. The number of nitrogens with one attached hydrogen (secondary N) is 1. The lowest BCUT2D eigenvalue weighted by atomic mass is 10.1. The summed E-state index contributed by atoms with van der Waals surface area (Å²) < 4.78 is 23.6. The van der Waals surface area contributed by atoms with Crippen molar-refractivity contribution in [1.82, 2.24) is 15.1 Å². The number of benzene rings is 1. The monoisotopic (exact) mass is 380 g/mol. The number of hydrogen-bond acceptors (Lipinski definition) is 4. The SMILES string of the molecule is CCN(C)Cc1cccc(CNC(=NC)N2CCS(=O)(=O)C(C)(C)C2)c1. The van der Waals surface area contributed by atoms with Gasteiger partial charge in [0.2, 0.25) is 0 Å². The average molecular weight is 381 g/mol. The molecule has 0 atom stereocenters. The van der Waals surface area contributed by atoms with E-state index in [-0.39, 0.29) is 5.75 Å². The molecule has 1 saturated heterocycles. The fourth-order valence-corrected chi connectivity index (χ4v) is 4.47. The molecule has 0 bridgehead atoms. The van der Waals surface area contributed by atoms with E-state index in [1.165, 1.54) is 11.1 Å². The maximum Gasteiger partial charge on any atom is 0.193 e. The van der Waals surface area contributed by atoms with Gasteiger partial charge in [-0.05, 0) is 38.6 Å². The number of guanidine groups is 1. The molecule has 0 unspecified atom stereocenters. The number of sulfone groups is 1. The molecule has 1 aromatic rings. The Morgan fingerprint density at radius 3 is 2.65 bits per heavy atom. The van der Waals surface area contributed by atoms with Gasteiger partial charge in [-0.2, -0.15) is 0 Å². The minimum Gasteiger partial charge on any atom is -0.352 e. The predicted molar refractivity (Wildman–Crippen MR) is 108 cm³/mol. The smallest absolute Gasteiger partial charge is 0.193 e. The van der Waals surface area contributed by atoms with Gasteiger partial charge < -0.3 is 15.1 Å². The molecule has 0 spiro atoms. The fourth-order valence-electron chi connectivity index (χ4n) is 3.10. The highest BCUT2D eigenvalue weighted by Crippen LogP contribution is 2.23. The van der Waals surface area contributed by atoms with E-state index in [0.29, 0.717) is 19.6 Å². The van der Waals surface area contributed by atoms with Gasteiger partial charge in [0.25, 0.3) is 0 Å². The minimum absolute atomic E-state index is 0.166. The van der Waals surface area contributed by atoms with Crippen molar-refractivity contribution in [3.05, 3.63) is 35.4 Å². The van der Waals surface area contributed by atoms with Gasteiger partial charge in [-0.3, -0.25) is 4.99 Å². The topological polar surface area (TPSA) is 65.0 Å². The molecule has 1 aliphatic heterocycles. The van der Waals surface area contributed by atoms with Crippen LogP contribution in [0.4, 0.5) is 0 Å². The molecule has 0 amide bonds. The maximum atomic E-state index is 12.2. The molecule has 1 heterocycles. The van der Waals surface area contributed by atoms with Crippen molar-refractivity contribution >= 4 is 15.8 Å². The summed E-state index contributed by atoms with van der Waals surface area (Å²) in [6, 6.07) is 8.52. The Morgan fingerprint density at radius 1 is 1.35 bits per heavy atom. The van der Waals surface area contributed by atoms with Crippen LogP contribution < -0.4 is 5.32 Å². The number of aliphatic imine (C=N–C) groups is 1. The van der Waals surface area contributed by atoms with Crippen LogP contribution in [0, 0.1) is 0 Å². The van der Waals surface area contributed by atoms with Crippen LogP contribution in [0.5, 0.6) is 0 Å². The summed E-state index contributed by atoms with van der Waals surface area (Å²) in [7, 11) is 0.800. The van der Waals surface area contributed by atoms with Crippen LogP contribution >= 0.6 is 0 Å². The van der Waals surface area contributed by atoms with Crippen LogP contribution in [-0.4, -0.2) is 68.4 Å². The predicted octanol–water partition coefficient (Wildman–Crippen LogP) is 1.72. The van der Waals surface area contributed by atoms with Gasteiger partial charge in [-0.15, -0.1) is 0 Å². The Bertz CT molecular complexity index is 744. The highest BCUT2D eigenvalue weighted by molar-refractivity contribution is 7.92. The molecule has 1 N–H and O–H groups in total. The Balaban J connectivity index is 2.01. The minimum atomic E-state index is -3.05. The molecule has 26 heavy (non-hydrogen) atoms. The highest BCUT2D eigenvalue weighted by Gasteiger charge is 2.40. The van der Waals surface area contributed by atoms with Crippen molar-refractivity contribution in [3.63, 3.8) is 0 Å². The first kappa shape index (κ1) is 20.7. The van der Waals surface area contributed by atoms with E-state index < -0.39 is 14.6 Å². The van der Waals surface area contributed by atoms with Crippen LogP contribution in [0.15, 0.2) is 29.3 Å². The van der Waals surface area contributed by atoms with Gasteiger partial charge >= 0.3 is 0 Å². The molecule has 0 radical (unpaired) electrons. The van der Waals surface area contributed by atoms with Gasteiger partial charge in [0.1, 0.15) is 0 Å². The summed E-state index contributed by atoms with van der Waals surface area (Å²) in [5, 5.41) is 3.38. The van der Waals surface area contributed by atoms with Crippen LogP contribution in [0.1, 0.15) is 31.9 Å². The molecular weight excluding hydrogens is 348 g/mol. The van der Waals surface area contributed by atoms with Crippen molar-refractivity contribution < 1.29 is 8.42 Å². The Kier molecular flexibility index (Phi) is 6.69. The lowest BCUT2D eigenvalue weighted by Crippen LogP contribution is -2.57. The van der Waals surface area contributed by atoms with E-state index in [0.717, 1.165) is 19.0 Å². The van der Waals surface area contributed by atoms with Crippen LogP contribution in [0.25, 0.3) is 0 Å². The van der Waals surface area contributed by atoms with E-state index in [2.05, 4.69) is 53.4 Å². The first-order valence-corrected chi connectivity index (χ1v) is 10.8. The molecule has 1 aromatic carbocycles. The highest BCUT2D eigenvalue weighted by atomic mass is 32.2. The van der Waals surface area contributed by atoms with E-state index in [9.17, 15) is 8.42 Å². The summed E-state index contributed by atoms with van der Waals surface area (Å²) in [4.78, 5) is 8.66. The van der Waals surface area contributed by atoms with Gasteiger partial charge in [0, 0.05) is 33.2 Å². The van der Waals surface area contributed by atoms with Gasteiger partial charge in [0.15, 0.2) is 15.8 Å². The third kappa shape index (κ3) is 4.98. The molecule has 0 saturated carbocycles. The zero-order valence-corrected chi connectivity index (χ0v) is 17.4. The third-order valence-electron chi connectivity index (χ3n) is 4.99. The summed E-state index contributed by atoms with van der Waals surface area (Å²) in [6.45, 7) is 9.27. The quantitative estimate of drug-likeness (QED) is 0.622. The standard InChI is InChI=1S/C19H32N4O2S/c1-6-22(5)14-17-9-7-8-16(12-17)13-21-18(20-4)23-10-11-26(24,25)19(2,3)15-23/h7-9,12H,6,10-11,13-15H2,1-5H3,(H,20,21). The van der Waals surface area contributed by atoms with Crippen molar-refractivity contribution in [1.29, 1.82) is 0 Å². The zero-order valence-electron chi connectivity index (χ0n) is 16.6. The molecule has 1 aliphatic rings. The lowest BCUT2D eigenvalue weighted by Gasteiger charge is -2.39. The first-order chi connectivity index (χ1) is 12.2. The normalized spacial score (nSPS) is 19.6.